The van der Waals surface area contributed by atoms with Gasteiger partial charge in [0.25, 0.3) is 0 Å². The Labute approximate surface area is 139 Å². The number of nitrogens with zero attached hydrogens (tertiary/aromatic N) is 2. The number of imidazole rings is 1. The third-order valence-electron chi connectivity index (χ3n) is 3.49. The Balaban J connectivity index is 2.36. The minimum absolute atomic E-state index is 0.183. The standard InChI is InChI=1S/C15H11BrF2N2O2S/c1-8-12(23(2,21)22)3-4-20-13(8)14(16)19-15(20)9-5-10(17)7-11(18)6-9/h3-7H,1-2H3. The van der Waals surface area contributed by atoms with Gasteiger partial charge in [0, 0.05) is 24.1 Å². The first-order valence-corrected chi connectivity index (χ1v) is 9.20. The van der Waals surface area contributed by atoms with E-state index in [1.165, 1.54) is 24.4 Å². The van der Waals surface area contributed by atoms with Crippen molar-refractivity contribution in [2.45, 2.75) is 11.8 Å². The van der Waals surface area contributed by atoms with Gasteiger partial charge < -0.3 is 0 Å². The molecule has 4 nitrogen and oxygen atoms in total. The third kappa shape index (κ3) is 2.76. The van der Waals surface area contributed by atoms with E-state index in [4.69, 9.17) is 0 Å². The first-order valence-electron chi connectivity index (χ1n) is 6.52. The SMILES string of the molecule is Cc1c(S(C)(=O)=O)ccn2c(-c3cc(F)cc(F)c3)nc(Br)c12. The summed E-state index contributed by atoms with van der Waals surface area (Å²) in [6, 6.07) is 4.57. The van der Waals surface area contributed by atoms with Crippen LogP contribution in [-0.2, 0) is 9.84 Å². The zero-order valence-corrected chi connectivity index (χ0v) is 14.5. The van der Waals surface area contributed by atoms with Gasteiger partial charge in [-0.2, -0.15) is 0 Å². The summed E-state index contributed by atoms with van der Waals surface area (Å²) in [7, 11) is -3.39. The average Bonchev–Trinajstić information content (AvgIpc) is 2.74. The lowest BCUT2D eigenvalue weighted by Gasteiger charge is -2.08. The van der Waals surface area contributed by atoms with E-state index in [1.807, 2.05) is 0 Å². The molecule has 0 aliphatic rings. The highest BCUT2D eigenvalue weighted by atomic mass is 79.9. The quantitative estimate of drug-likeness (QED) is 0.657. The molecule has 0 unspecified atom stereocenters. The number of fused-ring (bicyclic) bond motifs is 1. The number of aryl methyl sites for hydroxylation is 1. The molecule has 0 saturated carbocycles. The van der Waals surface area contributed by atoms with Crippen molar-refractivity contribution in [2.75, 3.05) is 6.26 Å². The van der Waals surface area contributed by atoms with E-state index < -0.39 is 21.5 Å². The maximum atomic E-state index is 13.5. The van der Waals surface area contributed by atoms with Gasteiger partial charge in [-0.3, -0.25) is 4.40 Å². The fourth-order valence-electron chi connectivity index (χ4n) is 2.56. The molecule has 2 aromatic heterocycles. The molecule has 3 aromatic rings. The monoisotopic (exact) mass is 400 g/mol. The second-order valence-electron chi connectivity index (χ2n) is 5.18. The average molecular weight is 401 g/mol. The van der Waals surface area contributed by atoms with Crippen molar-refractivity contribution in [3.05, 3.63) is 52.3 Å². The highest BCUT2D eigenvalue weighted by molar-refractivity contribution is 9.10. The zero-order chi connectivity index (χ0) is 16.9. The van der Waals surface area contributed by atoms with E-state index in [0.717, 1.165) is 12.3 Å². The van der Waals surface area contributed by atoms with E-state index in [0.29, 0.717) is 21.5 Å². The predicted molar refractivity (Wildman–Crippen MR) is 86.1 cm³/mol. The van der Waals surface area contributed by atoms with Gasteiger partial charge in [0.05, 0.1) is 10.4 Å². The summed E-state index contributed by atoms with van der Waals surface area (Å²) >= 11 is 3.29. The molecule has 0 spiro atoms. The number of pyridine rings is 1. The lowest BCUT2D eigenvalue weighted by Crippen LogP contribution is -2.02. The smallest absolute Gasteiger partial charge is 0.175 e. The molecular weight excluding hydrogens is 390 g/mol. The van der Waals surface area contributed by atoms with Crippen LogP contribution in [0.3, 0.4) is 0 Å². The number of benzene rings is 1. The number of hydrogen-bond donors (Lipinski definition) is 0. The zero-order valence-electron chi connectivity index (χ0n) is 12.1. The van der Waals surface area contributed by atoms with Crippen molar-refractivity contribution < 1.29 is 17.2 Å². The van der Waals surface area contributed by atoms with Crippen molar-refractivity contribution in [1.29, 1.82) is 0 Å². The van der Waals surface area contributed by atoms with Gasteiger partial charge in [-0.15, -0.1) is 0 Å². The van der Waals surface area contributed by atoms with Crippen molar-refractivity contribution in [1.82, 2.24) is 9.38 Å². The summed E-state index contributed by atoms with van der Waals surface area (Å²) in [5.74, 6) is -1.11. The van der Waals surface area contributed by atoms with E-state index >= 15 is 0 Å². The summed E-state index contributed by atoms with van der Waals surface area (Å²) in [6.45, 7) is 1.66. The van der Waals surface area contributed by atoms with Crippen LogP contribution >= 0.6 is 15.9 Å². The topological polar surface area (TPSA) is 51.4 Å². The summed E-state index contributed by atoms with van der Waals surface area (Å²) in [5.41, 5.74) is 1.31. The number of hydrogen-bond acceptors (Lipinski definition) is 3. The van der Waals surface area contributed by atoms with Gasteiger partial charge in [0.2, 0.25) is 0 Å². The molecule has 8 heteroatoms. The van der Waals surface area contributed by atoms with Gasteiger partial charge in [-0.25, -0.2) is 22.2 Å². The largest absolute Gasteiger partial charge is 0.298 e. The maximum Gasteiger partial charge on any atom is 0.175 e. The van der Waals surface area contributed by atoms with Crippen LogP contribution in [0.25, 0.3) is 16.9 Å². The lowest BCUT2D eigenvalue weighted by atomic mass is 10.2. The molecule has 2 heterocycles. The van der Waals surface area contributed by atoms with Crippen LogP contribution in [0.15, 0.2) is 40.0 Å². The molecule has 0 aliphatic heterocycles. The van der Waals surface area contributed by atoms with Crippen molar-refractivity contribution in [2.24, 2.45) is 0 Å². The second kappa shape index (κ2) is 5.38. The first-order chi connectivity index (χ1) is 10.7. The van der Waals surface area contributed by atoms with E-state index in [2.05, 4.69) is 20.9 Å². The Morgan fingerprint density at radius 2 is 1.78 bits per heavy atom. The number of halogens is 3. The molecule has 120 valence electrons. The van der Waals surface area contributed by atoms with E-state index in [9.17, 15) is 17.2 Å². The molecule has 0 aliphatic carbocycles. The highest BCUT2D eigenvalue weighted by Crippen LogP contribution is 2.31. The molecule has 0 amide bonds. The number of rotatable bonds is 2. The van der Waals surface area contributed by atoms with Crippen LogP contribution in [-0.4, -0.2) is 24.1 Å². The minimum atomic E-state index is -3.39. The van der Waals surface area contributed by atoms with Crippen LogP contribution in [0, 0.1) is 18.6 Å². The van der Waals surface area contributed by atoms with Crippen molar-refractivity contribution in [3.8, 4) is 11.4 Å². The summed E-state index contributed by atoms with van der Waals surface area (Å²) < 4.78 is 52.6. The van der Waals surface area contributed by atoms with E-state index in [1.54, 1.807) is 11.3 Å². The molecular formula is C15H11BrF2N2O2S. The molecule has 1 aromatic carbocycles. The van der Waals surface area contributed by atoms with Gasteiger partial charge in [0.1, 0.15) is 22.1 Å². The third-order valence-corrected chi connectivity index (χ3v) is 5.28. The molecule has 0 bridgehead atoms. The number of aromatic nitrogens is 2. The first kappa shape index (κ1) is 16.1. The van der Waals surface area contributed by atoms with Crippen molar-refractivity contribution in [3.63, 3.8) is 0 Å². The van der Waals surface area contributed by atoms with E-state index in [-0.39, 0.29) is 10.5 Å². The van der Waals surface area contributed by atoms with Crippen LogP contribution in [0.1, 0.15) is 5.56 Å². The minimum Gasteiger partial charge on any atom is -0.298 e. The summed E-state index contributed by atoms with van der Waals surface area (Å²) in [4.78, 5) is 4.46. The fourth-order valence-corrected chi connectivity index (χ4v) is 4.18. The summed E-state index contributed by atoms with van der Waals surface area (Å²) in [6.07, 6.45) is 2.65. The molecule has 0 radical (unpaired) electrons. The predicted octanol–water partition coefficient (Wildman–Crippen LogP) is 3.75. The van der Waals surface area contributed by atoms with Crippen molar-refractivity contribution >= 4 is 31.3 Å². The molecule has 0 fully saturated rings. The highest BCUT2D eigenvalue weighted by Gasteiger charge is 2.19. The van der Waals surface area contributed by atoms with Crippen LogP contribution in [0.2, 0.25) is 0 Å². The Bertz CT molecular complexity index is 1030. The molecule has 23 heavy (non-hydrogen) atoms. The van der Waals surface area contributed by atoms with Gasteiger partial charge in [-0.1, -0.05) is 0 Å². The Morgan fingerprint density at radius 1 is 1.17 bits per heavy atom. The molecule has 0 N–H and O–H groups in total. The van der Waals surface area contributed by atoms with Crippen LogP contribution in [0.5, 0.6) is 0 Å². The number of sulfone groups is 1. The Kier molecular flexibility index (Phi) is 3.76. The molecule has 0 saturated heterocycles. The molecule has 0 atom stereocenters. The van der Waals surface area contributed by atoms with Gasteiger partial charge in [0.15, 0.2) is 9.84 Å². The lowest BCUT2D eigenvalue weighted by molar-refractivity contribution is 0.584. The molecule has 3 rings (SSSR count). The maximum absolute atomic E-state index is 13.5. The Hall–Kier alpha value is -1.80. The van der Waals surface area contributed by atoms with Gasteiger partial charge >= 0.3 is 0 Å². The second-order valence-corrected chi connectivity index (χ2v) is 7.92. The summed E-state index contributed by atoms with van der Waals surface area (Å²) in [5, 5.41) is 0. The van der Waals surface area contributed by atoms with Crippen LogP contribution in [0.4, 0.5) is 8.78 Å². The normalized spacial score (nSPS) is 12.0. The van der Waals surface area contributed by atoms with Gasteiger partial charge in [-0.05, 0) is 46.6 Å². The fraction of sp³-hybridized carbons (Fsp3) is 0.133. The van der Waals surface area contributed by atoms with Crippen LogP contribution < -0.4 is 0 Å². The Morgan fingerprint density at radius 3 is 2.35 bits per heavy atom.